The minimum Gasteiger partial charge on any atom is -0.356 e. The number of halogens is 4. The first-order valence-corrected chi connectivity index (χ1v) is 7.09. The highest BCUT2D eigenvalue weighted by atomic mass is 35.5. The van der Waals surface area contributed by atoms with Gasteiger partial charge in [-0.05, 0) is 43.5 Å². The molecule has 0 saturated heterocycles. The van der Waals surface area contributed by atoms with E-state index in [1.807, 2.05) is 0 Å². The first-order valence-electron chi connectivity index (χ1n) is 6.55. The zero-order valence-electron chi connectivity index (χ0n) is 12.8. The maximum absolute atomic E-state index is 12.2. The Labute approximate surface area is 133 Å². The summed E-state index contributed by atoms with van der Waals surface area (Å²) >= 11 is 5.45. The molecule has 3 N–H and O–H groups in total. The van der Waals surface area contributed by atoms with E-state index < -0.39 is 11.7 Å². The number of nitrogens with two attached hydrogens (primary N) is 1. The second-order valence-corrected chi connectivity index (χ2v) is 4.84. The summed E-state index contributed by atoms with van der Waals surface area (Å²) in [7, 11) is 3.25. The molecule has 4 nitrogen and oxygen atoms in total. The van der Waals surface area contributed by atoms with Crippen molar-refractivity contribution in [2.75, 3.05) is 25.5 Å². The maximum atomic E-state index is 12.2. The van der Waals surface area contributed by atoms with Gasteiger partial charge in [0.25, 0.3) is 0 Å². The van der Waals surface area contributed by atoms with Crippen molar-refractivity contribution in [3.05, 3.63) is 29.3 Å². The van der Waals surface area contributed by atoms with Crippen molar-refractivity contribution in [2.45, 2.75) is 32.2 Å². The molecule has 128 valence electrons. The number of hydrazine groups is 1. The topological polar surface area (TPSA) is 56.5 Å². The summed E-state index contributed by atoms with van der Waals surface area (Å²) in [6.45, 7) is 1.58. The largest absolute Gasteiger partial charge is 0.416 e. The molecule has 0 spiro atoms. The Kier molecular flexibility index (Phi) is 10.2. The van der Waals surface area contributed by atoms with Crippen molar-refractivity contribution in [2.24, 2.45) is 5.84 Å². The molecule has 0 aromatic heterocycles. The number of methoxy groups -OCH3 is 2. The molecular weight excluding hydrogens is 321 g/mol. The summed E-state index contributed by atoms with van der Waals surface area (Å²) in [5.41, 5.74) is 2.26. The van der Waals surface area contributed by atoms with E-state index in [-0.39, 0.29) is 12.0 Å². The molecule has 1 aromatic rings. The van der Waals surface area contributed by atoms with Crippen LogP contribution in [0.3, 0.4) is 0 Å². The van der Waals surface area contributed by atoms with Crippen LogP contribution in [-0.2, 0) is 15.7 Å². The third-order valence-corrected chi connectivity index (χ3v) is 2.94. The molecule has 0 unspecified atom stereocenters. The van der Waals surface area contributed by atoms with Crippen molar-refractivity contribution < 1.29 is 22.6 Å². The average Bonchev–Trinajstić information content (AvgIpc) is 2.47. The Balaban J connectivity index is 0.000000433. The highest BCUT2D eigenvalue weighted by Crippen LogP contribution is 2.31. The quantitative estimate of drug-likeness (QED) is 0.356. The number of hydrogen-bond donors (Lipinski definition) is 2. The second kappa shape index (κ2) is 10.7. The first kappa shape index (κ1) is 21.0. The number of ether oxygens (including phenoxy) is 2. The highest BCUT2D eigenvalue weighted by Gasteiger charge is 2.30. The number of rotatable bonds is 6. The normalized spacial score (nSPS) is 11.1. The van der Waals surface area contributed by atoms with Crippen LogP contribution in [0.15, 0.2) is 18.2 Å². The summed E-state index contributed by atoms with van der Waals surface area (Å²) in [4.78, 5) is 0. The van der Waals surface area contributed by atoms with E-state index >= 15 is 0 Å². The summed E-state index contributed by atoms with van der Waals surface area (Å²) < 4.78 is 46.5. The van der Waals surface area contributed by atoms with Gasteiger partial charge in [0, 0.05) is 25.8 Å². The van der Waals surface area contributed by atoms with Gasteiger partial charge in [0.15, 0.2) is 6.29 Å². The van der Waals surface area contributed by atoms with Gasteiger partial charge in [0.05, 0.1) is 5.56 Å². The molecule has 0 saturated carbocycles. The fourth-order valence-corrected chi connectivity index (χ4v) is 1.76. The molecule has 0 aliphatic heterocycles. The lowest BCUT2D eigenvalue weighted by Gasteiger charge is -2.11. The first-order chi connectivity index (χ1) is 10.3. The second-order valence-electron chi connectivity index (χ2n) is 4.46. The van der Waals surface area contributed by atoms with Crippen molar-refractivity contribution in [1.29, 1.82) is 0 Å². The van der Waals surface area contributed by atoms with Gasteiger partial charge < -0.3 is 14.9 Å². The number of nitrogen functional groups attached to an aromatic ring is 1. The van der Waals surface area contributed by atoms with Gasteiger partial charge in [0.2, 0.25) is 0 Å². The zero-order valence-corrected chi connectivity index (χ0v) is 13.6. The van der Waals surface area contributed by atoms with E-state index in [0.29, 0.717) is 11.4 Å². The fourth-order valence-electron chi connectivity index (χ4n) is 1.61. The van der Waals surface area contributed by atoms with Gasteiger partial charge >= 0.3 is 6.18 Å². The maximum Gasteiger partial charge on any atom is 0.416 e. The Bertz CT molecular complexity index is 427. The minimum absolute atomic E-state index is 0.0799. The Morgan fingerprint density at radius 1 is 1.23 bits per heavy atom. The van der Waals surface area contributed by atoms with Crippen LogP contribution < -0.4 is 11.3 Å². The number of alkyl halides is 4. The predicted molar refractivity (Wildman–Crippen MR) is 81.8 cm³/mol. The van der Waals surface area contributed by atoms with Crippen LogP contribution in [0.1, 0.15) is 24.0 Å². The van der Waals surface area contributed by atoms with Crippen molar-refractivity contribution >= 4 is 17.3 Å². The number of aryl methyl sites for hydroxylation is 1. The lowest BCUT2D eigenvalue weighted by atomic mass is 10.1. The molecule has 1 aromatic carbocycles. The Morgan fingerprint density at radius 2 is 1.82 bits per heavy atom. The lowest BCUT2D eigenvalue weighted by Crippen LogP contribution is -2.12. The molecule has 22 heavy (non-hydrogen) atoms. The predicted octanol–water partition coefficient (Wildman–Crippen LogP) is 3.92. The highest BCUT2D eigenvalue weighted by molar-refractivity contribution is 6.17. The molecular formula is C14H22ClF3N2O2. The molecule has 0 aliphatic carbocycles. The van der Waals surface area contributed by atoms with Gasteiger partial charge in [-0.15, -0.1) is 11.6 Å². The van der Waals surface area contributed by atoms with Crippen LogP contribution >= 0.6 is 11.6 Å². The average molecular weight is 343 g/mol. The lowest BCUT2D eigenvalue weighted by molar-refractivity contribution is -0.137. The fraction of sp³-hybridized carbons (Fsp3) is 0.571. The van der Waals surface area contributed by atoms with Gasteiger partial charge in [-0.25, -0.2) is 0 Å². The van der Waals surface area contributed by atoms with Gasteiger partial charge in [-0.3, -0.25) is 5.84 Å². The smallest absolute Gasteiger partial charge is 0.356 e. The summed E-state index contributed by atoms with van der Waals surface area (Å²) in [5, 5.41) is 0. The summed E-state index contributed by atoms with van der Waals surface area (Å²) in [6.07, 6.45) is -2.59. The molecule has 0 aliphatic rings. The monoisotopic (exact) mass is 342 g/mol. The van der Waals surface area contributed by atoms with Crippen LogP contribution in [0.25, 0.3) is 0 Å². The van der Waals surface area contributed by atoms with E-state index in [1.54, 1.807) is 21.1 Å². The molecule has 0 atom stereocenters. The van der Waals surface area contributed by atoms with Gasteiger partial charge in [-0.1, -0.05) is 0 Å². The third kappa shape index (κ3) is 8.43. The third-order valence-electron chi connectivity index (χ3n) is 2.67. The van der Waals surface area contributed by atoms with Gasteiger partial charge in [0.1, 0.15) is 0 Å². The summed E-state index contributed by atoms with van der Waals surface area (Å²) in [6, 6.07) is 3.57. The molecule has 0 bridgehead atoms. The van der Waals surface area contributed by atoms with Crippen molar-refractivity contribution in [3.63, 3.8) is 0 Å². The number of anilines is 1. The van der Waals surface area contributed by atoms with E-state index in [0.717, 1.165) is 25.0 Å². The SMILES string of the molecule is COC(CCCCl)OC.Cc1cc(NN)cc(C(F)(F)F)c1. The zero-order chi connectivity index (χ0) is 17.2. The van der Waals surface area contributed by atoms with E-state index in [1.165, 1.54) is 6.07 Å². The molecule has 0 radical (unpaired) electrons. The molecule has 0 heterocycles. The molecule has 8 heteroatoms. The van der Waals surface area contributed by atoms with Crippen LogP contribution in [0.5, 0.6) is 0 Å². The van der Waals surface area contributed by atoms with Crippen LogP contribution in [-0.4, -0.2) is 26.4 Å². The van der Waals surface area contributed by atoms with Crippen LogP contribution in [0, 0.1) is 6.92 Å². The standard InChI is InChI=1S/C8H9F3N2.C6H13ClO2/c1-5-2-6(8(9,10)11)4-7(3-5)13-12;1-8-6(9-2)4-3-5-7/h2-4,13H,12H2,1H3;6H,3-5H2,1-2H3. The Hall–Kier alpha value is -1.02. The molecule has 1 rings (SSSR count). The van der Waals surface area contributed by atoms with E-state index in [2.05, 4.69) is 5.43 Å². The number of benzene rings is 1. The van der Waals surface area contributed by atoms with E-state index in [4.69, 9.17) is 26.9 Å². The number of hydrogen-bond acceptors (Lipinski definition) is 4. The van der Waals surface area contributed by atoms with Crippen molar-refractivity contribution in [1.82, 2.24) is 0 Å². The number of nitrogens with one attached hydrogen (secondary N) is 1. The molecule has 0 amide bonds. The van der Waals surface area contributed by atoms with E-state index in [9.17, 15) is 13.2 Å². The van der Waals surface area contributed by atoms with Gasteiger partial charge in [-0.2, -0.15) is 13.2 Å². The van der Waals surface area contributed by atoms with Crippen LogP contribution in [0.4, 0.5) is 18.9 Å². The minimum atomic E-state index is -4.32. The Morgan fingerprint density at radius 3 is 2.23 bits per heavy atom. The molecule has 0 fully saturated rings. The summed E-state index contributed by atoms with van der Waals surface area (Å²) in [5.74, 6) is 5.68. The van der Waals surface area contributed by atoms with Crippen LogP contribution in [0.2, 0.25) is 0 Å². The van der Waals surface area contributed by atoms with Crippen molar-refractivity contribution in [3.8, 4) is 0 Å².